The summed E-state index contributed by atoms with van der Waals surface area (Å²) in [5, 5.41) is 15.3. The number of sulfonamides is 1. The first-order valence-electron chi connectivity index (χ1n) is 4.36. The highest BCUT2D eigenvalue weighted by Gasteiger charge is 2.37. The van der Waals surface area contributed by atoms with Crippen molar-refractivity contribution in [1.29, 1.82) is 0 Å². The predicted molar refractivity (Wildman–Crippen MR) is 53.7 cm³/mol. The summed E-state index contributed by atoms with van der Waals surface area (Å²) in [6.45, 7) is 0.884. The van der Waals surface area contributed by atoms with E-state index in [0.29, 0.717) is 6.20 Å². The van der Waals surface area contributed by atoms with Crippen LogP contribution in [-0.4, -0.2) is 24.7 Å². The van der Waals surface area contributed by atoms with E-state index in [0.717, 1.165) is 6.92 Å². The Labute approximate surface area is 104 Å². The third-order valence-corrected chi connectivity index (χ3v) is 2.94. The zero-order valence-electron chi connectivity index (χ0n) is 9.13. The van der Waals surface area contributed by atoms with Crippen LogP contribution in [0.5, 0.6) is 5.75 Å². The molecule has 0 bridgehead atoms. The fourth-order valence-corrected chi connectivity index (χ4v) is 1.93. The molecule has 1 aromatic rings. The number of ether oxygens (including phenoxy) is 1. The molecule has 0 unspecified atom stereocenters. The number of pyridine rings is 1. The van der Waals surface area contributed by atoms with Crippen LogP contribution in [0.2, 0.25) is 0 Å². The van der Waals surface area contributed by atoms with Gasteiger partial charge in [0.05, 0.1) is 0 Å². The summed E-state index contributed by atoms with van der Waals surface area (Å²) in [5.74, 6) is -2.58. The summed E-state index contributed by atoms with van der Waals surface area (Å²) in [6.07, 6.45) is -4.75. The number of hydrogen-bond donors (Lipinski definition) is 1. The number of aromatic nitrogens is 1. The fraction of sp³-hybridized carbons (Fsp3) is 0.286. The van der Waals surface area contributed by atoms with E-state index in [-0.39, 0.29) is 0 Å². The Morgan fingerprint density at radius 3 is 2.37 bits per heavy atom. The van der Waals surface area contributed by atoms with Gasteiger partial charge in [-0.15, -0.1) is 13.2 Å². The molecule has 0 aromatic carbocycles. The number of primary sulfonamides is 1. The molecule has 1 aromatic heterocycles. The van der Waals surface area contributed by atoms with Crippen LogP contribution < -0.4 is 9.88 Å². The third-order valence-electron chi connectivity index (χ3n) is 1.91. The summed E-state index contributed by atoms with van der Waals surface area (Å²) < 4.78 is 62.0. The number of alkyl halides is 3. The molecular formula is C7H6F3N3O5S. The van der Waals surface area contributed by atoms with Crippen molar-refractivity contribution in [3.05, 3.63) is 21.9 Å². The van der Waals surface area contributed by atoms with E-state index < -0.39 is 43.3 Å². The van der Waals surface area contributed by atoms with Gasteiger partial charge in [-0.1, -0.05) is 0 Å². The maximum atomic E-state index is 12.1. The van der Waals surface area contributed by atoms with E-state index in [2.05, 4.69) is 9.72 Å². The first-order chi connectivity index (χ1) is 8.43. The Morgan fingerprint density at radius 1 is 1.47 bits per heavy atom. The van der Waals surface area contributed by atoms with Crippen LogP contribution >= 0.6 is 0 Å². The fourth-order valence-electron chi connectivity index (χ4n) is 1.21. The second-order valence-corrected chi connectivity index (χ2v) is 4.78. The van der Waals surface area contributed by atoms with Gasteiger partial charge in [-0.3, -0.25) is 0 Å². The van der Waals surface area contributed by atoms with Gasteiger partial charge in [-0.2, -0.15) is 0 Å². The molecule has 0 spiro atoms. The molecule has 1 heterocycles. The number of halogens is 3. The quantitative estimate of drug-likeness (QED) is 0.651. The summed E-state index contributed by atoms with van der Waals surface area (Å²) in [6, 6.07) is 0. The highest BCUT2D eigenvalue weighted by molar-refractivity contribution is 7.89. The molecule has 0 saturated heterocycles. The van der Waals surface area contributed by atoms with Crippen molar-refractivity contribution in [3.63, 3.8) is 0 Å². The lowest BCUT2D eigenvalue weighted by Crippen LogP contribution is -2.21. The minimum atomic E-state index is -5.24. The zero-order chi connectivity index (χ0) is 15.0. The third kappa shape index (κ3) is 3.51. The Bertz CT molecular complexity index is 628. The van der Waals surface area contributed by atoms with Crippen LogP contribution in [0.15, 0.2) is 11.1 Å². The molecule has 0 amide bonds. The van der Waals surface area contributed by atoms with Crippen LogP contribution in [0.1, 0.15) is 5.56 Å². The van der Waals surface area contributed by atoms with Gasteiger partial charge in [-0.25, -0.2) is 13.6 Å². The van der Waals surface area contributed by atoms with Gasteiger partial charge in [-0.05, 0) is 16.8 Å². The molecule has 1 rings (SSSR count). The maximum Gasteiger partial charge on any atom is 0.573 e. The van der Waals surface area contributed by atoms with E-state index in [1.54, 1.807) is 0 Å². The molecule has 0 aliphatic carbocycles. The molecule has 0 aliphatic heterocycles. The Hall–Kier alpha value is -1.95. The van der Waals surface area contributed by atoms with Crippen molar-refractivity contribution in [1.82, 2.24) is 4.98 Å². The minimum absolute atomic E-state index is 0.492. The zero-order valence-corrected chi connectivity index (χ0v) is 9.95. The Kier molecular flexibility index (Phi) is 3.67. The van der Waals surface area contributed by atoms with Crippen LogP contribution in [0.3, 0.4) is 0 Å². The first kappa shape index (κ1) is 15.1. The summed E-state index contributed by atoms with van der Waals surface area (Å²) in [4.78, 5) is 11.5. The molecule has 106 valence electrons. The van der Waals surface area contributed by atoms with Crippen LogP contribution in [0.4, 0.5) is 19.0 Å². The molecule has 0 aliphatic rings. The lowest BCUT2D eigenvalue weighted by Gasteiger charge is -2.12. The molecule has 2 N–H and O–H groups in total. The average Bonchev–Trinajstić information content (AvgIpc) is 2.16. The molecule has 0 saturated carbocycles. The summed E-state index contributed by atoms with van der Waals surface area (Å²) >= 11 is 0. The maximum absolute atomic E-state index is 12.1. The summed E-state index contributed by atoms with van der Waals surface area (Å²) in [7, 11) is -4.39. The van der Waals surface area contributed by atoms with Gasteiger partial charge < -0.3 is 14.9 Å². The normalized spacial score (nSPS) is 12.3. The van der Waals surface area contributed by atoms with Crippen LogP contribution in [0.25, 0.3) is 0 Å². The van der Waals surface area contributed by atoms with E-state index >= 15 is 0 Å². The minimum Gasteiger partial charge on any atom is -0.396 e. The van der Waals surface area contributed by atoms with Gasteiger partial charge in [0.1, 0.15) is 4.90 Å². The van der Waals surface area contributed by atoms with Gasteiger partial charge in [0.2, 0.25) is 15.8 Å². The van der Waals surface area contributed by atoms with Crippen LogP contribution in [0, 0.1) is 17.0 Å². The standard InChI is InChI=1S/C7H6F3N3O5S/c1-3-4(19(11,16)17)2-12-6(13(14)15)5(3)18-7(8,9)10/h2H,1H3,(H2,11,16,17). The van der Waals surface area contributed by atoms with Crippen LogP contribution in [-0.2, 0) is 10.0 Å². The molecule has 19 heavy (non-hydrogen) atoms. The monoisotopic (exact) mass is 301 g/mol. The van der Waals surface area contributed by atoms with Gasteiger partial charge >= 0.3 is 12.2 Å². The SMILES string of the molecule is Cc1c(S(N)(=O)=O)cnc([N+](=O)[O-])c1OC(F)(F)F. The van der Waals surface area contributed by atoms with Gasteiger partial charge in [0.25, 0.3) is 0 Å². The smallest absolute Gasteiger partial charge is 0.396 e. The highest BCUT2D eigenvalue weighted by atomic mass is 32.2. The topological polar surface area (TPSA) is 125 Å². The molecule has 12 heteroatoms. The summed E-state index contributed by atoms with van der Waals surface area (Å²) in [5.41, 5.74) is -0.651. The lowest BCUT2D eigenvalue weighted by atomic mass is 10.2. The van der Waals surface area contributed by atoms with E-state index in [4.69, 9.17) is 5.14 Å². The largest absolute Gasteiger partial charge is 0.573 e. The van der Waals surface area contributed by atoms with Crippen molar-refractivity contribution >= 4 is 15.8 Å². The van der Waals surface area contributed by atoms with Crippen molar-refractivity contribution in [2.45, 2.75) is 18.2 Å². The van der Waals surface area contributed by atoms with Crippen molar-refractivity contribution in [3.8, 4) is 5.75 Å². The number of nitro groups is 1. The molecule has 0 atom stereocenters. The number of hydrogen-bond acceptors (Lipinski definition) is 6. The second-order valence-electron chi connectivity index (χ2n) is 3.25. The van der Waals surface area contributed by atoms with Crippen molar-refractivity contribution in [2.24, 2.45) is 5.14 Å². The van der Waals surface area contributed by atoms with E-state index in [1.807, 2.05) is 0 Å². The second kappa shape index (κ2) is 4.62. The van der Waals surface area contributed by atoms with Gasteiger partial charge in [0, 0.05) is 5.56 Å². The Balaban J connectivity index is 3.58. The lowest BCUT2D eigenvalue weighted by molar-refractivity contribution is -0.393. The molecular weight excluding hydrogens is 295 g/mol. The molecule has 0 radical (unpaired) electrons. The first-order valence-corrected chi connectivity index (χ1v) is 5.90. The number of nitrogens with two attached hydrogens (primary N) is 1. The van der Waals surface area contributed by atoms with Crippen molar-refractivity contribution in [2.75, 3.05) is 0 Å². The Morgan fingerprint density at radius 2 is 2.00 bits per heavy atom. The molecule has 8 nitrogen and oxygen atoms in total. The van der Waals surface area contributed by atoms with Crippen molar-refractivity contribution < 1.29 is 31.2 Å². The van der Waals surface area contributed by atoms with E-state index in [9.17, 15) is 31.7 Å². The van der Waals surface area contributed by atoms with E-state index in [1.165, 1.54) is 0 Å². The number of rotatable bonds is 3. The number of nitrogens with zero attached hydrogens (tertiary/aromatic N) is 2. The predicted octanol–water partition coefficient (Wildman–Crippen LogP) is 0.844. The highest BCUT2D eigenvalue weighted by Crippen LogP contribution is 2.35. The average molecular weight is 301 g/mol. The molecule has 0 fully saturated rings. The van der Waals surface area contributed by atoms with Gasteiger partial charge in [0.15, 0.2) is 6.20 Å².